The van der Waals surface area contributed by atoms with Crippen molar-refractivity contribution in [3.63, 3.8) is 0 Å². The molecule has 22 heavy (non-hydrogen) atoms. The molecule has 124 valence electrons. The van der Waals surface area contributed by atoms with Crippen LogP contribution in [-0.2, 0) is 9.84 Å². The van der Waals surface area contributed by atoms with Crippen LogP contribution >= 0.6 is 0 Å². The third-order valence-corrected chi connectivity index (χ3v) is 5.23. The van der Waals surface area contributed by atoms with Gasteiger partial charge in [0.15, 0.2) is 0 Å². The number of hydrogen-bond donors (Lipinski definition) is 0. The van der Waals surface area contributed by atoms with Gasteiger partial charge in [-0.1, -0.05) is 12.1 Å². The Morgan fingerprint density at radius 1 is 1.23 bits per heavy atom. The van der Waals surface area contributed by atoms with Gasteiger partial charge in [-0.25, -0.2) is 8.42 Å². The number of piperazine rings is 1. The summed E-state index contributed by atoms with van der Waals surface area (Å²) in [6, 6.07) is 8.53. The van der Waals surface area contributed by atoms with Gasteiger partial charge in [0.1, 0.15) is 15.6 Å². The first-order chi connectivity index (χ1) is 10.4. The predicted octanol–water partition coefficient (Wildman–Crippen LogP) is 1.42. The van der Waals surface area contributed by atoms with Gasteiger partial charge in [-0.3, -0.25) is 9.80 Å². The zero-order valence-electron chi connectivity index (χ0n) is 13.7. The van der Waals surface area contributed by atoms with Crippen LogP contribution in [0.1, 0.15) is 18.5 Å². The summed E-state index contributed by atoms with van der Waals surface area (Å²) in [6.45, 7) is 6.61. The maximum absolute atomic E-state index is 11.2. The van der Waals surface area contributed by atoms with Crippen LogP contribution in [0, 0.1) is 0 Å². The first kappa shape index (κ1) is 17.2. The molecule has 0 aromatic heterocycles. The van der Waals surface area contributed by atoms with Gasteiger partial charge in [0.05, 0.1) is 12.9 Å². The van der Waals surface area contributed by atoms with E-state index in [9.17, 15) is 8.42 Å². The van der Waals surface area contributed by atoms with E-state index in [2.05, 4.69) is 28.9 Å². The number of benzene rings is 1. The Balaban J connectivity index is 1.88. The molecule has 0 spiro atoms. The minimum Gasteiger partial charge on any atom is -0.497 e. The van der Waals surface area contributed by atoms with E-state index in [1.54, 1.807) is 7.11 Å². The number of rotatable bonds is 6. The van der Waals surface area contributed by atoms with Crippen molar-refractivity contribution in [3.8, 4) is 5.75 Å². The average Bonchev–Trinajstić information content (AvgIpc) is 2.52. The topological polar surface area (TPSA) is 49.9 Å². The van der Waals surface area contributed by atoms with E-state index in [1.165, 1.54) is 11.8 Å². The molecule has 0 radical (unpaired) electrons. The highest BCUT2D eigenvalue weighted by Gasteiger charge is 2.22. The lowest BCUT2D eigenvalue weighted by atomic mass is 10.1. The monoisotopic (exact) mass is 326 g/mol. The second kappa shape index (κ2) is 7.44. The summed E-state index contributed by atoms with van der Waals surface area (Å²) in [5.41, 5.74) is 1.25. The van der Waals surface area contributed by atoms with Crippen molar-refractivity contribution < 1.29 is 13.2 Å². The number of nitrogens with zero attached hydrogens (tertiary/aromatic N) is 2. The molecule has 6 heteroatoms. The highest BCUT2D eigenvalue weighted by Crippen LogP contribution is 2.24. The molecule has 1 fully saturated rings. The Morgan fingerprint density at radius 3 is 2.50 bits per heavy atom. The predicted molar refractivity (Wildman–Crippen MR) is 89.1 cm³/mol. The second-order valence-corrected chi connectivity index (χ2v) is 8.22. The fourth-order valence-corrected chi connectivity index (χ4v) is 3.37. The molecular weight excluding hydrogens is 300 g/mol. The van der Waals surface area contributed by atoms with Crippen LogP contribution < -0.4 is 4.74 Å². The largest absolute Gasteiger partial charge is 0.497 e. The Morgan fingerprint density at radius 2 is 1.91 bits per heavy atom. The van der Waals surface area contributed by atoms with E-state index in [-0.39, 0.29) is 5.75 Å². The van der Waals surface area contributed by atoms with Crippen LogP contribution in [0.2, 0.25) is 0 Å². The minimum absolute atomic E-state index is 0.248. The van der Waals surface area contributed by atoms with E-state index in [4.69, 9.17) is 4.74 Å². The van der Waals surface area contributed by atoms with E-state index in [1.807, 2.05) is 12.1 Å². The molecule has 1 aromatic carbocycles. The van der Waals surface area contributed by atoms with Gasteiger partial charge in [-0.05, 0) is 24.6 Å². The van der Waals surface area contributed by atoms with Crippen LogP contribution in [0.3, 0.4) is 0 Å². The minimum atomic E-state index is -2.87. The Hall–Kier alpha value is -1.11. The van der Waals surface area contributed by atoms with Gasteiger partial charge < -0.3 is 4.74 Å². The molecule has 0 aliphatic carbocycles. The van der Waals surface area contributed by atoms with Crippen LogP contribution in [0.25, 0.3) is 0 Å². The lowest BCUT2D eigenvalue weighted by Crippen LogP contribution is -2.48. The van der Waals surface area contributed by atoms with Gasteiger partial charge in [-0.2, -0.15) is 0 Å². The smallest absolute Gasteiger partial charge is 0.148 e. The zero-order valence-corrected chi connectivity index (χ0v) is 14.5. The quantitative estimate of drug-likeness (QED) is 0.791. The fourth-order valence-electron chi connectivity index (χ4n) is 2.78. The number of ether oxygens (including phenoxy) is 1. The number of sulfone groups is 1. The molecule has 0 N–H and O–H groups in total. The van der Waals surface area contributed by atoms with Crippen LogP contribution in [-0.4, -0.2) is 70.1 Å². The van der Waals surface area contributed by atoms with Crippen LogP contribution in [0.4, 0.5) is 0 Å². The summed E-state index contributed by atoms with van der Waals surface area (Å²) in [5, 5.41) is 0. The van der Waals surface area contributed by atoms with Gasteiger partial charge in [0, 0.05) is 45.0 Å². The molecule has 1 unspecified atom stereocenters. The highest BCUT2D eigenvalue weighted by atomic mass is 32.2. The summed E-state index contributed by atoms with van der Waals surface area (Å²) in [7, 11) is -1.19. The SMILES string of the molecule is COc1cccc(C(C)N2CCN(CCS(C)(=O)=O)CC2)c1. The molecule has 1 aliphatic rings. The van der Waals surface area contributed by atoms with E-state index in [0.29, 0.717) is 12.6 Å². The molecule has 5 nitrogen and oxygen atoms in total. The van der Waals surface area contributed by atoms with Crippen molar-refractivity contribution in [2.75, 3.05) is 51.8 Å². The van der Waals surface area contributed by atoms with Crippen LogP contribution in [0.15, 0.2) is 24.3 Å². The standard InChI is InChI=1S/C16H26N2O3S/c1-14(15-5-4-6-16(13-15)21-2)18-9-7-17(8-10-18)11-12-22(3,19)20/h4-6,13-14H,7-12H2,1-3H3. The van der Waals surface area contributed by atoms with Crippen molar-refractivity contribution in [2.24, 2.45) is 0 Å². The summed E-state index contributed by atoms with van der Waals surface area (Å²) in [5.74, 6) is 1.13. The maximum atomic E-state index is 11.2. The maximum Gasteiger partial charge on any atom is 0.148 e. The lowest BCUT2D eigenvalue weighted by Gasteiger charge is -2.38. The van der Waals surface area contributed by atoms with Crippen molar-refractivity contribution in [1.82, 2.24) is 9.80 Å². The molecule has 2 rings (SSSR count). The summed E-state index contributed by atoms with van der Waals surface area (Å²) < 4.78 is 27.8. The highest BCUT2D eigenvalue weighted by molar-refractivity contribution is 7.90. The number of methoxy groups -OCH3 is 1. The van der Waals surface area contributed by atoms with Gasteiger partial charge in [0.25, 0.3) is 0 Å². The van der Waals surface area contributed by atoms with Gasteiger partial charge >= 0.3 is 0 Å². The molecule has 1 aromatic rings. The molecule has 0 amide bonds. The Labute approximate surface area is 133 Å². The first-order valence-electron chi connectivity index (χ1n) is 7.67. The van der Waals surface area contributed by atoms with E-state index < -0.39 is 9.84 Å². The average molecular weight is 326 g/mol. The van der Waals surface area contributed by atoms with Gasteiger partial charge in [0.2, 0.25) is 0 Å². The Bertz CT molecular complexity index is 581. The van der Waals surface area contributed by atoms with E-state index >= 15 is 0 Å². The van der Waals surface area contributed by atoms with E-state index in [0.717, 1.165) is 31.9 Å². The molecule has 0 saturated carbocycles. The van der Waals surface area contributed by atoms with Crippen LogP contribution in [0.5, 0.6) is 5.75 Å². The summed E-state index contributed by atoms with van der Waals surface area (Å²) >= 11 is 0. The molecule has 1 saturated heterocycles. The van der Waals surface area contributed by atoms with Crippen molar-refractivity contribution in [1.29, 1.82) is 0 Å². The fraction of sp³-hybridized carbons (Fsp3) is 0.625. The molecule has 1 atom stereocenters. The summed E-state index contributed by atoms with van der Waals surface area (Å²) in [4.78, 5) is 4.67. The zero-order chi connectivity index (χ0) is 16.2. The Kier molecular flexibility index (Phi) is 5.83. The summed E-state index contributed by atoms with van der Waals surface area (Å²) in [6.07, 6.45) is 1.30. The van der Waals surface area contributed by atoms with Crippen molar-refractivity contribution in [2.45, 2.75) is 13.0 Å². The molecule has 1 heterocycles. The second-order valence-electron chi connectivity index (χ2n) is 5.96. The third kappa shape index (κ3) is 4.97. The molecular formula is C16H26N2O3S. The normalized spacial score (nSPS) is 19.0. The first-order valence-corrected chi connectivity index (χ1v) is 9.73. The lowest BCUT2D eigenvalue weighted by molar-refractivity contribution is 0.106. The molecule has 1 aliphatic heterocycles. The number of hydrogen-bond acceptors (Lipinski definition) is 5. The third-order valence-electron chi connectivity index (χ3n) is 4.31. The van der Waals surface area contributed by atoms with Gasteiger partial charge in [-0.15, -0.1) is 0 Å². The van der Waals surface area contributed by atoms with Crippen molar-refractivity contribution >= 4 is 9.84 Å². The van der Waals surface area contributed by atoms with Crippen molar-refractivity contribution in [3.05, 3.63) is 29.8 Å². The molecule has 0 bridgehead atoms.